The highest BCUT2D eigenvalue weighted by atomic mass is 32.2. The minimum atomic E-state index is -3.44. The Balaban J connectivity index is 2.83. The molecule has 0 saturated heterocycles. The third-order valence-corrected chi connectivity index (χ3v) is 5.16. The molecule has 6 heteroatoms. The Kier molecular flexibility index (Phi) is 7.31. The maximum absolute atomic E-state index is 12.5. The van der Waals surface area contributed by atoms with Crippen LogP contribution in [0.25, 0.3) is 0 Å². The van der Waals surface area contributed by atoms with Crippen molar-refractivity contribution in [2.24, 2.45) is 0 Å². The van der Waals surface area contributed by atoms with Crippen LogP contribution >= 0.6 is 0 Å². The lowest BCUT2D eigenvalue weighted by Gasteiger charge is -2.20. The molecule has 0 unspecified atom stereocenters. The maximum Gasteiger partial charge on any atom is 0.243 e. The molecule has 1 aromatic carbocycles. The Morgan fingerprint density at radius 1 is 1.24 bits per heavy atom. The fraction of sp³-hybridized carbons (Fsp3) is 0.600. The molecule has 0 amide bonds. The van der Waals surface area contributed by atoms with Crippen molar-refractivity contribution in [3.63, 3.8) is 0 Å². The lowest BCUT2D eigenvalue weighted by atomic mass is 10.2. The summed E-state index contributed by atoms with van der Waals surface area (Å²) in [4.78, 5) is 0.328. The molecule has 0 aliphatic carbocycles. The average Bonchev–Trinajstić information content (AvgIpc) is 2.46. The third kappa shape index (κ3) is 5.39. The molecule has 120 valence electrons. The minimum Gasteiger partial charge on any atom is -0.383 e. The van der Waals surface area contributed by atoms with E-state index in [9.17, 15) is 8.42 Å². The summed E-state index contributed by atoms with van der Waals surface area (Å²) in [6, 6.07) is 7.45. The summed E-state index contributed by atoms with van der Waals surface area (Å²) in [5.41, 5.74) is 1.07. The molecule has 0 fully saturated rings. The van der Waals surface area contributed by atoms with Gasteiger partial charge < -0.3 is 10.1 Å². The first-order valence-electron chi connectivity index (χ1n) is 7.23. The Labute approximate surface area is 128 Å². The van der Waals surface area contributed by atoms with Gasteiger partial charge in [0, 0.05) is 32.8 Å². The van der Waals surface area contributed by atoms with Crippen LogP contribution in [0.3, 0.4) is 0 Å². The van der Waals surface area contributed by atoms with E-state index in [-0.39, 0.29) is 0 Å². The van der Waals surface area contributed by atoms with Gasteiger partial charge in [-0.25, -0.2) is 8.42 Å². The molecule has 0 aliphatic rings. The summed E-state index contributed by atoms with van der Waals surface area (Å²) in [6.45, 7) is 7.91. The summed E-state index contributed by atoms with van der Waals surface area (Å²) >= 11 is 0. The van der Waals surface area contributed by atoms with Crippen molar-refractivity contribution in [2.75, 3.05) is 26.8 Å². The predicted molar refractivity (Wildman–Crippen MR) is 84.7 cm³/mol. The van der Waals surface area contributed by atoms with Crippen LogP contribution in [0.1, 0.15) is 26.3 Å². The highest BCUT2D eigenvalue weighted by Gasteiger charge is 2.22. The van der Waals surface area contributed by atoms with Crippen molar-refractivity contribution < 1.29 is 13.2 Å². The van der Waals surface area contributed by atoms with Crippen molar-refractivity contribution >= 4 is 10.0 Å². The second kappa shape index (κ2) is 8.48. The van der Waals surface area contributed by atoms with E-state index < -0.39 is 10.0 Å². The van der Waals surface area contributed by atoms with Gasteiger partial charge in [-0.15, -0.1) is 0 Å². The molecule has 0 bridgehead atoms. The molecule has 1 rings (SSSR count). The van der Waals surface area contributed by atoms with Gasteiger partial charge in [-0.3, -0.25) is 0 Å². The smallest absolute Gasteiger partial charge is 0.243 e. The molecule has 0 saturated carbocycles. The van der Waals surface area contributed by atoms with E-state index in [2.05, 4.69) is 19.2 Å². The zero-order valence-corrected chi connectivity index (χ0v) is 14.1. The van der Waals surface area contributed by atoms with Crippen LogP contribution in [-0.4, -0.2) is 45.6 Å². The average molecular weight is 314 g/mol. The van der Waals surface area contributed by atoms with E-state index in [0.29, 0.717) is 30.6 Å². The van der Waals surface area contributed by atoms with Crippen molar-refractivity contribution in [1.82, 2.24) is 9.62 Å². The molecule has 21 heavy (non-hydrogen) atoms. The summed E-state index contributed by atoms with van der Waals surface area (Å²) in [6.07, 6.45) is 0. The largest absolute Gasteiger partial charge is 0.383 e. The monoisotopic (exact) mass is 314 g/mol. The Hall–Kier alpha value is -0.950. The van der Waals surface area contributed by atoms with Crippen LogP contribution < -0.4 is 5.32 Å². The van der Waals surface area contributed by atoms with Gasteiger partial charge in [-0.05, 0) is 17.7 Å². The number of ether oxygens (including phenoxy) is 1. The number of nitrogens with zero attached hydrogens (tertiary/aromatic N) is 1. The minimum absolute atomic E-state index is 0.328. The second-order valence-corrected chi connectivity index (χ2v) is 7.11. The highest BCUT2D eigenvalue weighted by Crippen LogP contribution is 2.16. The SMILES string of the molecule is CCN(CCOC)S(=O)(=O)c1ccc(CNC(C)C)cc1. The molecule has 0 radical (unpaired) electrons. The zero-order chi connectivity index (χ0) is 15.9. The molecule has 1 aromatic rings. The number of hydrogen-bond donors (Lipinski definition) is 1. The van der Waals surface area contributed by atoms with E-state index in [1.54, 1.807) is 19.2 Å². The summed E-state index contributed by atoms with van der Waals surface area (Å²) in [5, 5.41) is 3.31. The fourth-order valence-electron chi connectivity index (χ4n) is 1.89. The lowest BCUT2D eigenvalue weighted by Crippen LogP contribution is -2.33. The van der Waals surface area contributed by atoms with E-state index in [4.69, 9.17) is 4.74 Å². The predicted octanol–water partition coefficient (Wildman–Crippen LogP) is 1.84. The van der Waals surface area contributed by atoms with Crippen LogP contribution in [0.15, 0.2) is 29.2 Å². The van der Waals surface area contributed by atoms with Gasteiger partial charge in [0.1, 0.15) is 0 Å². The van der Waals surface area contributed by atoms with E-state index in [0.717, 1.165) is 12.1 Å². The molecule has 1 N–H and O–H groups in total. The molecule has 0 aliphatic heterocycles. The van der Waals surface area contributed by atoms with E-state index in [1.807, 2.05) is 19.1 Å². The number of methoxy groups -OCH3 is 1. The topological polar surface area (TPSA) is 58.6 Å². The van der Waals surface area contributed by atoms with Crippen LogP contribution in [0.5, 0.6) is 0 Å². The molecule has 0 spiro atoms. The maximum atomic E-state index is 12.5. The molecule has 0 heterocycles. The summed E-state index contributed by atoms with van der Waals surface area (Å²) in [5.74, 6) is 0. The van der Waals surface area contributed by atoms with Gasteiger partial charge in [0.15, 0.2) is 0 Å². The van der Waals surface area contributed by atoms with Crippen molar-refractivity contribution in [3.05, 3.63) is 29.8 Å². The quantitative estimate of drug-likeness (QED) is 0.755. The first kappa shape index (κ1) is 18.1. The highest BCUT2D eigenvalue weighted by molar-refractivity contribution is 7.89. The number of sulfonamides is 1. The normalized spacial score (nSPS) is 12.3. The number of rotatable bonds is 9. The van der Waals surface area contributed by atoms with Gasteiger partial charge in [0.05, 0.1) is 11.5 Å². The summed E-state index contributed by atoms with van der Waals surface area (Å²) in [7, 11) is -1.87. The Morgan fingerprint density at radius 3 is 2.33 bits per heavy atom. The Morgan fingerprint density at radius 2 is 1.86 bits per heavy atom. The van der Waals surface area contributed by atoms with Crippen molar-refractivity contribution in [3.8, 4) is 0 Å². The van der Waals surface area contributed by atoms with Gasteiger partial charge in [-0.1, -0.05) is 32.9 Å². The van der Waals surface area contributed by atoms with Crippen LogP contribution in [0.4, 0.5) is 0 Å². The van der Waals surface area contributed by atoms with Gasteiger partial charge in [0.2, 0.25) is 10.0 Å². The van der Waals surface area contributed by atoms with Crippen molar-refractivity contribution in [2.45, 2.75) is 38.3 Å². The molecule has 0 atom stereocenters. The van der Waals surface area contributed by atoms with Gasteiger partial charge in [-0.2, -0.15) is 4.31 Å². The fourth-order valence-corrected chi connectivity index (χ4v) is 3.32. The van der Waals surface area contributed by atoms with E-state index >= 15 is 0 Å². The number of benzene rings is 1. The standard InChI is InChI=1S/C15H26N2O3S/c1-5-17(10-11-20-4)21(18,19)15-8-6-14(7-9-15)12-16-13(2)3/h6-9,13,16H,5,10-12H2,1-4H3. The van der Waals surface area contributed by atoms with Crippen LogP contribution in [0.2, 0.25) is 0 Å². The third-order valence-electron chi connectivity index (χ3n) is 3.17. The summed E-state index contributed by atoms with van der Waals surface area (Å²) < 4.78 is 31.4. The Bertz CT molecular complexity index is 512. The first-order valence-corrected chi connectivity index (χ1v) is 8.67. The van der Waals surface area contributed by atoms with Crippen molar-refractivity contribution in [1.29, 1.82) is 0 Å². The second-order valence-electron chi connectivity index (χ2n) is 5.17. The van der Waals surface area contributed by atoms with Gasteiger partial charge >= 0.3 is 0 Å². The number of hydrogen-bond acceptors (Lipinski definition) is 4. The molecule has 0 aromatic heterocycles. The van der Waals surface area contributed by atoms with E-state index in [1.165, 1.54) is 4.31 Å². The van der Waals surface area contributed by atoms with Crippen LogP contribution in [-0.2, 0) is 21.3 Å². The lowest BCUT2D eigenvalue weighted by molar-refractivity contribution is 0.180. The zero-order valence-electron chi connectivity index (χ0n) is 13.3. The molecular weight excluding hydrogens is 288 g/mol. The van der Waals surface area contributed by atoms with Gasteiger partial charge in [0.25, 0.3) is 0 Å². The number of likely N-dealkylation sites (N-methyl/N-ethyl adjacent to an activating group) is 1. The van der Waals surface area contributed by atoms with Crippen LogP contribution in [0, 0.1) is 0 Å². The molecule has 5 nitrogen and oxygen atoms in total. The molecular formula is C15H26N2O3S. The number of nitrogens with one attached hydrogen (secondary N) is 1. The first-order chi connectivity index (χ1) is 9.91.